The molecule has 212 valence electrons. The Balaban J connectivity index is 1.03. The summed E-state index contributed by atoms with van der Waals surface area (Å²) in [7, 11) is 2.17. The molecule has 3 aromatic rings. The molecule has 2 fully saturated rings. The number of likely N-dealkylation sites (tertiary alicyclic amines) is 1. The molecule has 0 bridgehead atoms. The van der Waals surface area contributed by atoms with E-state index in [1.165, 1.54) is 16.8 Å². The average Bonchev–Trinajstić information content (AvgIpc) is 3.01. The Labute approximate surface area is 239 Å². The van der Waals surface area contributed by atoms with E-state index in [4.69, 9.17) is 9.47 Å². The molecule has 1 amide bonds. The van der Waals surface area contributed by atoms with Gasteiger partial charge in [0.1, 0.15) is 11.9 Å². The van der Waals surface area contributed by atoms with Crippen molar-refractivity contribution in [3.05, 3.63) is 96.1 Å². The second-order valence-corrected chi connectivity index (χ2v) is 11.0. The van der Waals surface area contributed by atoms with Gasteiger partial charge >= 0.3 is 0 Å². The molecule has 0 radical (unpaired) electrons. The number of unbranched alkanes of at least 4 members (excludes halogenated alkanes) is 1. The van der Waals surface area contributed by atoms with Crippen molar-refractivity contribution in [2.75, 3.05) is 57.8 Å². The molecule has 3 aromatic carbocycles. The Morgan fingerprint density at radius 2 is 1.38 bits per heavy atom. The molecule has 0 aliphatic carbocycles. The van der Waals surface area contributed by atoms with Crippen molar-refractivity contribution in [3.63, 3.8) is 0 Å². The lowest BCUT2D eigenvalue weighted by atomic mass is 10.00. The van der Waals surface area contributed by atoms with Gasteiger partial charge in [-0.05, 0) is 56.0 Å². The molecule has 6 nitrogen and oxygen atoms in total. The summed E-state index contributed by atoms with van der Waals surface area (Å²) in [6, 6.07) is 29.2. The predicted octanol–water partition coefficient (Wildman–Crippen LogP) is 5.78. The van der Waals surface area contributed by atoms with Gasteiger partial charge in [0.25, 0.3) is 0 Å². The molecule has 0 atom stereocenters. The smallest absolute Gasteiger partial charge is 0.222 e. The molecular weight excluding hydrogens is 498 g/mol. The molecule has 0 saturated carbocycles. The molecule has 0 spiro atoms. The van der Waals surface area contributed by atoms with Gasteiger partial charge in [-0.2, -0.15) is 0 Å². The number of anilines is 1. The lowest BCUT2D eigenvalue weighted by Crippen LogP contribution is -2.44. The van der Waals surface area contributed by atoms with Crippen molar-refractivity contribution in [3.8, 4) is 5.75 Å². The average molecular weight is 542 g/mol. The van der Waals surface area contributed by atoms with Crippen LogP contribution in [0.3, 0.4) is 0 Å². The van der Waals surface area contributed by atoms with Crippen LogP contribution >= 0.6 is 0 Å². The van der Waals surface area contributed by atoms with Crippen LogP contribution in [0.5, 0.6) is 5.75 Å². The quantitative estimate of drug-likeness (QED) is 0.288. The summed E-state index contributed by atoms with van der Waals surface area (Å²) in [5.41, 5.74) is 3.51. The highest BCUT2D eigenvalue weighted by Gasteiger charge is 2.26. The van der Waals surface area contributed by atoms with E-state index in [0.29, 0.717) is 13.0 Å². The Morgan fingerprint density at radius 3 is 2.02 bits per heavy atom. The number of piperazine rings is 1. The second-order valence-electron chi connectivity index (χ2n) is 11.0. The SMILES string of the molecule is CN1CCN(c2ccccc2OCCCCC(=O)N2CCC(OC(c3ccccc3)c3ccccc3)CC2)CC1. The first-order valence-electron chi connectivity index (χ1n) is 14.9. The zero-order chi connectivity index (χ0) is 27.6. The minimum absolute atomic E-state index is 0.0870. The van der Waals surface area contributed by atoms with Gasteiger partial charge in [-0.3, -0.25) is 4.79 Å². The molecule has 5 rings (SSSR count). The van der Waals surface area contributed by atoms with Crippen LogP contribution in [0, 0.1) is 0 Å². The van der Waals surface area contributed by atoms with Crippen LogP contribution in [0.1, 0.15) is 49.3 Å². The minimum atomic E-state index is -0.0870. The van der Waals surface area contributed by atoms with Crippen molar-refractivity contribution in [2.24, 2.45) is 0 Å². The van der Waals surface area contributed by atoms with Gasteiger partial charge in [0.2, 0.25) is 5.91 Å². The summed E-state index contributed by atoms with van der Waals surface area (Å²) in [6.45, 7) is 6.33. The third-order valence-corrected chi connectivity index (χ3v) is 8.08. The van der Waals surface area contributed by atoms with Gasteiger partial charge in [0.15, 0.2) is 0 Å². The summed E-state index contributed by atoms with van der Waals surface area (Å²) < 4.78 is 12.8. The summed E-state index contributed by atoms with van der Waals surface area (Å²) in [4.78, 5) is 19.7. The van der Waals surface area contributed by atoms with Gasteiger partial charge in [-0.1, -0.05) is 72.8 Å². The number of carbonyl (C=O) groups excluding carboxylic acids is 1. The monoisotopic (exact) mass is 541 g/mol. The lowest BCUT2D eigenvalue weighted by molar-refractivity contribution is -0.134. The molecular formula is C34H43N3O3. The first-order chi connectivity index (χ1) is 19.7. The molecule has 2 saturated heterocycles. The Kier molecular flexibility index (Phi) is 10.1. The number of nitrogens with zero attached hydrogens (tertiary/aromatic N) is 3. The van der Waals surface area contributed by atoms with E-state index < -0.39 is 0 Å². The highest BCUT2D eigenvalue weighted by Crippen LogP contribution is 2.31. The number of carbonyl (C=O) groups is 1. The molecule has 40 heavy (non-hydrogen) atoms. The van der Waals surface area contributed by atoms with E-state index in [0.717, 1.165) is 70.7 Å². The third kappa shape index (κ3) is 7.64. The fourth-order valence-corrected chi connectivity index (χ4v) is 5.65. The molecule has 2 aliphatic heterocycles. The third-order valence-electron chi connectivity index (χ3n) is 8.08. The maximum absolute atomic E-state index is 12.9. The van der Waals surface area contributed by atoms with Crippen LogP contribution in [0.4, 0.5) is 5.69 Å². The van der Waals surface area contributed by atoms with Gasteiger partial charge in [0.05, 0.1) is 18.4 Å². The highest BCUT2D eigenvalue weighted by atomic mass is 16.5. The molecule has 0 unspecified atom stereocenters. The zero-order valence-electron chi connectivity index (χ0n) is 23.8. The van der Waals surface area contributed by atoms with E-state index in [9.17, 15) is 4.79 Å². The molecule has 0 aromatic heterocycles. The standard InChI is InChI=1S/C34H43N3O3/c1-35-23-25-36(26-24-35)31-16-8-9-17-32(31)39-27-11-10-18-33(38)37-21-19-30(20-22-37)40-34(28-12-4-2-5-13-28)29-14-6-3-7-15-29/h2-9,12-17,30,34H,10-11,18-27H2,1H3. The maximum atomic E-state index is 12.9. The van der Waals surface area contributed by atoms with E-state index in [2.05, 4.69) is 83.6 Å². The number of ether oxygens (including phenoxy) is 2. The van der Waals surface area contributed by atoms with E-state index in [-0.39, 0.29) is 18.1 Å². The number of para-hydroxylation sites is 2. The van der Waals surface area contributed by atoms with Crippen LogP contribution in [0.25, 0.3) is 0 Å². The number of rotatable bonds is 11. The van der Waals surface area contributed by atoms with Gasteiger partial charge in [0, 0.05) is 45.7 Å². The van der Waals surface area contributed by atoms with Crippen LogP contribution < -0.4 is 9.64 Å². The van der Waals surface area contributed by atoms with Crippen LogP contribution in [-0.4, -0.2) is 74.7 Å². The van der Waals surface area contributed by atoms with Crippen LogP contribution in [-0.2, 0) is 9.53 Å². The normalized spacial score (nSPS) is 16.9. The van der Waals surface area contributed by atoms with Gasteiger partial charge < -0.3 is 24.2 Å². The largest absolute Gasteiger partial charge is 0.491 e. The number of hydrogen-bond acceptors (Lipinski definition) is 5. The maximum Gasteiger partial charge on any atom is 0.222 e. The van der Waals surface area contributed by atoms with Crippen molar-refractivity contribution in [2.45, 2.75) is 44.3 Å². The van der Waals surface area contributed by atoms with Gasteiger partial charge in [-0.15, -0.1) is 0 Å². The summed E-state index contributed by atoms with van der Waals surface area (Å²) in [5, 5.41) is 0. The number of likely N-dealkylation sites (N-methyl/N-ethyl adjacent to an activating group) is 1. The first-order valence-corrected chi connectivity index (χ1v) is 14.9. The zero-order valence-corrected chi connectivity index (χ0v) is 23.8. The lowest BCUT2D eigenvalue weighted by Gasteiger charge is -2.35. The van der Waals surface area contributed by atoms with E-state index in [1.807, 2.05) is 23.1 Å². The van der Waals surface area contributed by atoms with Crippen LogP contribution in [0.15, 0.2) is 84.9 Å². The summed E-state index contributed by atoms with van der Waals surface area (Å²) in [6.07, 6.45) is 4.08. The van der Waals surface area contributed by atoms with Crippen LogP contribution in [0.2, 0.25) is 0 Å². The predicted molar refractivity (Wildman–Crippen MR) is 161 cm³/mol. The number of piperidine rings is 1. The molecule has 2 heterocycles. The fraction of sp³-hybridized carbons (Fsp3) is 0.441. The topological polar surface area (TPSA) is 45.2 Å². The second kappa shape index (κ2) is 14.3. The minimum Gasteiger partial charge on any atom is -0.491 e. The van der Waals surface area contributed by atoms with E-state index in [1.54, 1.807) is 0 Å². The highest BCUT2D eigenvalue weighted by molar-refractivity contribution is 5.76. The van der Waals surface area contributed by atoms with Crippen molar-refractivity contribution >= 4 is 11.6 Å². The van der Waals surface area contributed by atoms with Crippen molar-refractivity contribution in [1.29, 1.82) is 0 Å². The van der Waals surface area contributed by atoms with Crippen molar-refractivity contribution < 1.29 is 14.3 Å². The number of amides is 1. The Bertz CT molecular complexity index is 1130. The Hall–Kier alpha value is -3.35. The number of benzene rings is 3. The molecule has 2 aliphatic rings. The summed E-state index contributed by atoms with van der Waals surface area (Å²) >= 11 is 0. The summed E-state index contributed by atoms with van der Waals surface area (Å²) in [5.74, 6) is 1.20. The van der Waals surface area contributed by atoms with Gasteiger partial charge in [-0.25, -0.2) is 0 Å². The number of hydrogen-bond donors (Lipinski definition) is 0. The Morgan fingerprint density at radius 1 is 0.775 bits per heavy atom. The first kappa shape index (κ1) is 28.2. The fourth-order valence-electron chi connectivity index (χ4n) is 5.65. The molecule has 6 heteroatoms. The van der Waals surface area contributed by atoms with E-state index >= 15 is 0 Å². The molecule has 0 N–H and O–H groups in total. The van der Waals surface area contributed by atoms with Crippen molar-refractivity contribution in [1.82, 2.24) is 9.80 Å².